The number of methoxy groups -OCH3 is 2. The molecule has 0 bridgehead atoms. The van der Waals surface area contributed by atoms with E-state index in [1.807, 2.05) is 24.3 Å². The van der Waals surface area contributed by atoms with E-state index in [1.165, 1.54) is 11.1 Å². The third kappa shape index (κ3) is 3.64. The molecule has 0 saturated heterocycles. The zero-order chi connectivity index (χ0) is 22.1. The molecule has 3 aromatic rings. The standard InChI is InChI=1S/C28H29NO3/c1-31-22-12-10-21(11-13-22)19-29-27(30)25-17-23(32-2)14-15-24(25)26-18-28(26,29)16-6-9-20-7-4-3-5-8-20/h3-5,7-8,10-15,17,26H,6,9,16,18-19H2,1-2H3/t26-,28-/m1/s1. The Balaban J connectivity index is 1.43. The van der Waals surface area contributed by atoms with E-state index < -0.39 is 0 Å². The molecule has 32 heavy (non-hydrogen) atoms. The van der Waals surface area contributed by atoms with E-state index in [4.69, 9.17) is 9.47 Å². The van der Waals surface area contributed by atoms with E-state index in [9.17, 15) is 4.79 Å². The van der Waals surface area contributed by atoms with Gasteiger partial charge < -0.3 is 14.4 Å². The summed E-state index contributed by atoms with van der Waals surface area (Å²) in [6, 6.07) is 24.7. The normalized spacial score (nSPS) is 21.0. The minimum absolute atomic E-state index is 0.0899. The van der Waals surface area contributed by atoms with Crippen LogP contribution in [0, 0.1) is 0 Å². The second-order valence-corrected chi connectivity index (χ2v) is 8.89. The average Bonchev–Trinajstić information content (AvgIpc) is 3.58. The molecule has 0 unspecified atom stereocenters. The van der Waals surface area contributed by atoms with Crippen LogP contribution in [0.5, 0.6) is 11.5 Å². The van der Waals surface area contributed by atoms with Crippen LogP contribution in [0.15, 0.2) is 72.8 Å². The van der Waals surface area contributed by atoms with Gasteiger partial charge >= 0.3 is 0 Å². The molecule has 0 radical (unpaired) electrons. The highest BCUT2D eigenvalue weighted by molar-refractivity contribution is 5.99. The van der Waals surface area contributed by atoms with Gasteiger partial charge in [-0.1, -0.05) is 48.5 Å². The predicted molar refractivity (Wildman–Crippen MR) is 125 cm³/mol. The molecule has 3 aromatic carbocycles. The van der Waals surface area contributed by atoms with Crippen LogP contribution in [-0.2, 0) is 13.0 Å². The minimum Gasteiger partial charge on any atom is -0.497 e. The van der Waals surface area contributed by atoms with Crippen LogP contribution in [0.4, 0.5) is 0 Å². The molecule has 0 spiro atoms. The number of fused-ring (bicyclic) bond motifs is 3. The fourth-order valence-electron chi connectivity index (χ4n) is 5.29. The molecule has 164 valence electrons. The van der Waals surface area contributed by atoms with Crippen molar-refractivity contribution < 1.29 is 14.3 Å². The first-order chi connectivity index (χ1) is 15.6. The summed E-state index contributed by atoms with van der Waals surface area (Å²) >= 11 is 0. The van der Waals surface area contributed by atoms with Gasteiger partial charge in [0.25, 0.3) is 5.91 Å². The molecular formula is C28H29NO3. The fourth-order valence-corrected chi connectivity index (χ4v) is 5.29. The maximum Gasteiger partial charge on any atom is 0.255 e. The van der Waals surface area contributed by atoms with Gasteiger partial charge in [0.1, 0.15) is 11.5 Å². The monoisotopic (exact) mass is 427 g/mol. The van der Waals surface area contributed by atoms with Gasteiger partial charge in [-0.2, -0.15) is 0 Å². The first-order valence-corrected chi connectivity index (χ1v) is 11.3. The summed E-state index contributed by atoms with van der Waals surface area (Å²) in [7, 11) is 3.32. The number of carbonyl (C=O) groups is 1. The highest BCUT2D eigenvalue weighted by Crippen LogP contribution is 2.62. The van der Waals surface area contributed by atoms with E-state index in [0.29, 0.717) is 12.5 Å². The predicted octanol–water partition coefficient (Wildman–Crippen LogP) is 5.61. The number of rotatable bonds is 8. The van der Waals surface area contributed by atoms with Gasteiger partial charge in [0.2, 0.25) is 0 Å². The molecule has 5 rings (SSSR count). The number of hydrogen-bond donors (Lipinski definition) is 0. The smallest absolute Gasteiger partial charge is 0.255 e. The summed E-state index contributed by atoms with van der Waals surface area (Å²) in [6.45, 7) is 0.612. The van der Waals surface area contributed by atoms with Gasteiger partial charge in [0.15, 0.2) is 0 Å². The second-order valence-electron chi connectivity index (χ2n) is 8.89. The SMILES string of the molecule is COc1ccc(CN2C(=O)c3cc(OC)ccc3[C@H]3C[C@]32CCCc2ccccc2)cc1. The number of ether oxygens (including phenoxy) is 2. The summed E-state index contributed by atoms with van der Waals surface area (Å²) in [4.78, 5) is 15.9. The van der Waals surface area contributed by atoms with Crippen LogP contribution in [0.3, 0.4) is 0 Å². The molecule has 2 atom stereocenters. The summed E-state index contributed by atoms with van der Waals surface area (Å²) in [5.74, 6) is 2.08. The maximum absolute atomic E-state index is 13.7. The van der Waals surface area contributed by atoms with Gasteiger partial charge in [0, 0.05) is 18.0 Å². The molecule has 4 heteroatoms. The number of hydrogen-bond acceptors (Lipinski definition) is 3. The van der Waals surface area contributed by atoms with E-state index in [2.05, 4.69) is 53.4 Å². The fraction of sp³-hybridized carbons (Fsp3) is 0.321. The number of carbonyl (C=O) groups excluding carboxylic acids is 1. The Bertz CT molecular complexity index is 1110. The lowest BCUT2D eigenvalue weighted by Crippen LogP contribution is -2.46. The summed E-state index contributed by atoms with van der Waals surface area (Å²) < 4.78 is 10.7. The van der Waals surface area contributed by atoms with E-state index in [1.54, 1.807) is 14.2 Å². The summed E-state index contributed by atoms with van der Waals surface area (Å²) in [5.41, 5.74) is 4.36. The third-order valence-electron chi connectivity index (χ3n) is 7.11. The minimum atomic E-state index is -0.0899. The Labute approximate surface area is 189 Å². The molecule has 1 fully saturated rings. The van der Waals surface area contributed by atoms with Crippen molar-refractivity contribution >= 4 is 5.91 Å². The first kappa shape index (κ1) is 20.6. The second kappa shape index (κ2) is 8.34. The number of aryl methyl sites for hydroxylation is 1. The molecular weight excluding hydrogens is 398 g/mol. The van der Waals surface area contributed by atoms with Crippen LogP contribution in [0.1, 0.15) is 52.2 Å². The van der Waals surface area contributed by atoms with Crippen molar-refractivity contribution in [1.82, 2.24) is 4.90 Å². The number of nitrogens with zero attached hydrogens (tertiary/aromatic N) is 1. The molecule has 2 aliphatic rings. The highest BCUT2D eigenvalue weighted by Gasteiger charge is 2.63. The van der Waals surface area contributed by atoms with Gasteiger partial charge in [0.05, 0.1) is 19.8 Å². The lowest BCUT2D eigenvalue weighted by molar-refractivity contribution is 0.0580. The van der Waals surface area contributed by atoms with Crippen molar-refractivity contribution in [2.24, 2.45) is 0 Å². The van der Waals surface area contributed by atoms with E-state index in [0.717, 1.165) is 48.3 Å². The van der Waals surface area contributed by atoms with E-state index in [-0.39, 0.29) is 11.4 Å². The molecule has 1 aliphatic carbocycles. The number of amides is 1. The van der Waals surface area contributed by atoms with Gasteiger partial charge in [-0.25, -0.2) is 0 Å². The Hall–Kier alpha value is -3.27. The van der Waals surface area contributed by atoms with Crippen LogP contribution in [0.2, 0.25) is 0 Å². The largest absolute Gasteiger partial charge is 0.497 e. The average molecular weight is 428 g/mol. The Morgan fingerprint density at radius 3 is 2.34 bits per heavy atom. The molecule has 0 aromatic heterocycles. The van der Waals surface area contributed by atoms with Gasteiger partial charge in [-0.15, -0.1) is 0 Å². The maximum atomic E-state index is 13.7. The summed E-state index contributed by atoms with van der Waals surface area (Å²) in [5, 5.41) is 0. The topological polar surface area (TPSA) is 38.8 Å². The molecule has 1 saturated carbocycles. The lowest BCUT2D eigenvalue weighted by Gasteiger charge is -2.38. The van der Waals surface area contributed by atoms with Crippen molar-refractivity contribution in [2.75, 3.05) is 14.2 Å². The molecule has 4 nitrogen and oxygen atoms in total. The van der Waals surface area contributed by atoms with Crippen molar-refractivity contribution in [3.63, 3.8) is 0 Å². The van der Waals surface area contributed by atoms with Crippen LogP contribution in [0.25, 0.3) is 0 Å². The van der Waals surface area contributed by atoms with Crippen molar-refractivity contribution in [3.05, 3.63) is 95.1 Å². The van der Waals surface area contributed by atoms with Gasteiger partial charge in [-0.05, 0) is 66.6 Å². The summed E-state index contributed by atoms with van der Waals surface area (Å²) in [6.07, 6.45) is 4.15. The van der Waals surface area contributed by atoms with Crippen LogP contribution >= 0.6 is 0 Å². The van der Waals surface area contributed by atoms with Crippen molar-refractivity contribution in [1.29, 1.82) is 0 Å². The van der Waals surface area contributed by atoms with Gasteiger partial charge in [-0.3, -0.25) is 4.79 Å². The molecule has 0 N–H and O–H groups in total. The molecule has 1 aliphatic heterocycles. The molecule has 1 amide bonds. The van der Waals surface area contributed by atoms with Crippen LogP contribution < -0.4 is 9.47 Å². The van der Waals surface area contributed by atoms with Crippen LogP contribution in [-0.4, -0.2) is 30.6 Å². The third-order valence-corrected chi connectivity index (χ3v) is 7.11. The zero-order valence-corrected chi connectivity index (χ0v) is 18.7. The Kier molecular flexibility index (Phi) is 5.38. The lowest BCUT2D eigenvalue weighted by atomic mass is 9.89. The zero-order valence-electron chi connectivity index (χ0n) is 18.7. The Morgan fingerprint density at radius 2 is 1.62 bits per heavy atom. The Morgan fingerprint density at radius 1 is 0.906 bits per heavy atom. The van der Waals surface area contributed by atoms with E-state index >= 15 is 0 Å². The first-order valence-electron chi connectivity index (χ1n) is 11.3. The molecule has 1 heterocycles. The van der Waals surface area contributed by atoms with Crippen molar-refractivity contribution in [3.8, 4) is 11.5 Å². The van der Waals surface area contributed by atoms with Crippen molar-refractivity contribution in [2.45, 2.75) is 43.7 Å². The number of benzene rings is 3. The highest BCUT2D eigenvalue weighted by atomic mass is 16.5. The quantitative estimate of drug-likeness (QED) is 0.469.